The molecule has 1 aromatic rings. The zero-order chi connectivity index (χ0) is 15.4. The number of rotatable bonds is 5. The van der Waals surface area contributed by atoms with Crippen LogP contribution in [-0.2, 0) is 0 Å². The summed E-state index contributed by atoms with van der Waals surface area (Å²) in [6.07, 6.45) is 2.15. The van der Waals surface area contributed by atoms with Crippen LogP contribution < -0.4 is 10.2 Å². The van der Waals surface area contributed by atoms with Crippen molar-refractivity contribution in [2.24, 2.45) is 0 Å². The van der Waals surface area contributed by atoms with E-state index in [1.165, 1.54) is 0 Å². The first-order valence-corrected chi connectivity index (χ1v) is 7.75. The van der Waals surface area contributed by atoms with Crippen LogP contribution in [0, 0.1) is 0 Å². The van der Waals surface area contributed by atoms with Crippen LogP contribution in [0.25, 0.3) is 0 Å². The maximum atomic E-state index is 11.4. The number of nitrogens with zero attached hydrogens (tertiary/aromatic N) is 2. The van der Waals surface area contributed by atoms with Gasteiger partial charge in [0.25, 0.3) is 0 Å². The Hall–Kier alpha value is -1.62. The van der Waals surface area contributed by atoms with E-state index < -0.39 is 5.97 Å². The summed E-state index contributed by atoms with van der Waals surface area (Å²) in [5.41, 5.74) is 1.17. The Balaban J connectivity index is 2.36. The topological polar surface area (TPSA) is 65.5 Å². The highest BCUT2D eigenvalue weighted by atomic mass is 16.4. The number of carbonyl (C=O) groups is 1. The van der Waals surface area contributed by atoms with Gasteiger partial charge in [0.15, 0.2) is 0 Å². The van der Waals surface area contributed by atoms with Crippen molar-refractivity contribution < 1.29 is 9.90 Å². The lowest BCUT2D eigenvalue weighted by Gasteiger charge is -2.35. The lowest BCUT2D eigenvalue weighted by molar-refractivity contribution is 0.0696. The van der Waals surface area contributed by atoms with Gasteiger partial charge in [-0.25, -0.2) is 9.78 Å². The zero-order valence-electron chi connectivity index (χ0n) is 13.1. The molecule has 1 fully saturated rings. The van der Waals surface area contributed by atoms with E-state index >= 15 is 0 Å². The van der Waals surface area contributed by atoms with E-state index in [1.54, 1.807) is 12.1 Å². The van der Waals surface area contributed by atoms with Crippen molar-refractivity contribution in [2.45, 2.75) is 45.6 Å². The molecule has 5 nitrogen and oxygen atoms in total. The molecule has 0 aromatic carbocycles. The van der Waals surface area contributed by atoms with E-state index in [9.17, 15) is 9.90 Å². The average Bonchev–Trinajstić information content (AvgIpc) is 2.48. The van der Waals surface area contributed by atoms with E-state index in [1.807, 2.05) is 13.8 Å². The van der Waals surface area contributed by atoms with Crippen molar-refractivity contribution in [3.05, 3.63) is 23.4 Å². The van der Waals surface area contributed by atoms with E-state index in [-0.39, 0.29) is 5.92 Å². The minimum absolute atomic E-state index is 0.217. The number of carboxylic acid groups (broad SMARTS) is 1. The Morgan fingerprint density at radius 2 is 2.10 bits per heavy atom. The number of aromatic nitrogens is 1. The molecule has 2 N–H and O–H groups in total. The summed E-state index contributed by atoms with van der Waals surface area (Å²) in [6.45, 7) is 9.05. The third kappa shape index (κ3) is 3.73. The number of hydrogen-bond donors (Lipinski definition) is 2. The van der Waals surface area contributed by atoms with Gasteiger partial charge in [-0.2, -0.15) is 0 Å². The smallest absolute Gasteiger partial charge is 0.335 e. The summed E-state index contributed by atoms with van der Waals surface area (Å²) < 4.78 is 0. The minimum Gasteiger partial charge on any atom is -0.478 e. The molecule has 0 saturated carbocycles. The molecular formula is C16H25N3O2. The standard InChI is InChI=1S/C16H25N3O2/c1-4-19(13-5-7-17-8-6-13)15-10-12(16(20)21)9-14(18-15)11(2)3/h9-11,13,17H,4-8H2,1-3H3,(H,20,21). The van der Waals surface area contributed by atoms with Gasteiger partial charge in [-0.05, 0) is 50.9 Å². The monoisotopic (exact) mass is 291 g/mol. The summed E-state index contributed by atoms with van der Waals surface area (Å²) in [7, 11) is 0. The molecular weight excluding hydrogens is 266 g/mol. The third-order valence-electron chi connectivity index (χ3n) is 4.05. The Morgan fingerprint density at radius 3 is 2.62 bits per heavy atom. The van der Waals surface area contributed by atoms with Gasteiger partial charge >= 0.3 is 5.97 Å². The molecule has 1 aliphatic heterocycles. The van der Waals surface area contributed by atoms with E-state index in [0.717, 1.165) is 44.0 Å². The van der Waals surface area contributed by atoms with E-state index in [2.05, 4.69) is 17.1 Å². The second-order valence-electron chi connectivity index (χ2n) is 5.87. The van der Waals surface area contributed by atoms with Gasteiger partial charge < -0.3 is 15.3 Å². The molecule has 2 heterocycles. The van der Waals surface area contributed by atoms with Gasteiger partial charge in [0.1, 0.15) is 5.82 Å². The molecule has 2 rings (SSSR count). The van der Waals surface area contributed by atoms with Crippen LogP contribution in [0.4, 0.5) is 5.82 Å². The molecule has 1 aliphatic rings. The highest BCUT2D eigenvalue weighted by Crippen LogP contribution is 2.24. The number of pyridine rings is 1. The first-order valence-electron chi connectivity index (χ1n) is 7.75. The number of aromatic carboxylic acids is 1. The minimum atomic E-state index is -0.887. The Kier molecular flexibility index (Phi) is 5.17. The zero-order valence-corrected chi connectivity index (χ0v) is 13.1. The predicted octanol–water partition coefficient (Wildman–Crippen LogP) is 2.48. The molecule has 5 heteroatoms. The van der Waals surface area contributed by atoms with Gasteiger partial charge in [0.2, 0.25) is 0 Å². The summed E-state index contributed by atoms with van der Waals surface area (Å²) in [6, 6.07) is 3.83. The Bertz CT molecular complexity index is 496. The van der Waals surface area contributed by atoms with Crippen LogP contribution >= 0.6 is 0 Å². The summed E-state index contributed by atoms with van der Waals surface area (Å²) in [4.78, 5) is 18.3. The quantitative estimate of drug-likeness (QED) is 0.872. The van der Waals surface area contributed by atoms with Crippen LogP contribution in [0.5, 0.6) is 0 Å². The van der Waals surface area contributed by atoms with E-state index in [0.29, 0.717) is 11.6 Å². The Labute approximate surface area is 126 Å². The van der Waals surface area contributed by atoms with Crippen molar-refractivity contribution in [3.8, 4) is 0 Å². The lowest BCUT2D eigenvalue weighted by Crippen LogP contribution is -2.43. The molecule has 116 valence electrons. The summed E-state index contributed by atoms with van der Waals surface area (Å²) >= 11 is 0. The van der Waals surface area contributed by atoms with Gasteiger partial charge in [-0.15, -0.1) is 0 Å². The fourth-order valence-electron chi connectivity index (χ4n) is 2.83. The van der Waals surface area contributed by atoms with Crippen LogP contribution in [-0.4, -0.2) is 41.7 Å². The number of hydrogen-bond acceptors (Lipinski definition) is 4. The molecule has 0 spiro atoms. The summed E-state index contributed by atoms with van der Waals surface area (Å²) in [5.74, 6) is 0.129. The molecule has 21 heavy (non-hydrogen) atoms. The Morgan fingerprint density at radius 1 is 1.43 bits per heavy atom. The molecule has 0 radical (unpaired) electrons. The van der Waals surface area contributed by atoms with E-state index in [4.69, 9.17) is 4.98 Å². The third-order valence-corrected chi connectivity index (χ3v) is 4.05. The molecule has 0 unspecified atom stereocenters. The number of nitrogens with one attached hydrogen (secondary N) is 1. The van der Waals surface area contributed by atoms with Gasteiger partial charge in [0.05, 0.1) is 5.56 Å². The summed E-state index contributed by atoms with van der Waals surface area (Å²) in [5, 5.41) is 12.7. The highest BCUT2D eigenvalue weighted by Gasteiger charge is 2.22. The number of carboxylic acids is 1. The number of anilines is 1. The van der Waals surface area contributed by atoms with Crippen LogP contribution in [0.1, 0.15) is 55.6 Å². The van der Waals surface area contributed by atoms with Crippen LogP contribution in [0.2, 0.25) is 0 Å². The van der Waals surface area contributed by atoms with Crippen LogP contribution in [0.15, 0.2) is 12.1 Å². The second kappa shape index (κ2) is 6.89. The van der Waals surface area contributed by atoms with Crippen molar-refractivity contribution in [2.75, 3.05) is 24.5 Å². The van der Waals surface area contributed by atoms with Crippen molar-refractivity contribution in [3.63, 3.8) is 0 Å². The lowest BCUT2D eigenvalue weighted by atomic mass is 10.0. The maximum Gasteiger partial charge on any atom is 0.335 e. The molecule has 0 aliphatic carbocycles. The second-order valence-corrected chi connectivity index (χ2v) is 5.87. The number of piperidine rings is 1. The molecule has 0 amide bonds. The fourth-order valence-corrected chi connectivity index (χ4v) is 2.83. The van der Waals surface area contributed by atoms with Gasteiger partial charge in [0, 0.05) is 18.3 Å². The average molecular weight is 291 g/mol. The largest absolute Gasteiger partial charge is 0.478 e. The molecule has 1 aromatic heterocycles. The first kappa shape index (κ1) is 15.8. The van der Waals surface area contributed by atoms with Gasteiger partial charge in [-0.3, -0.25) is 0 Å². The normalized spacial score (nSPS) is 16.2. The molecule has 0 atom stereocenters. The predicted molar refractivity (Wildman–Crippen MR) is 84.2 cm³/mol. The van der Waals surface area contributed by atoms with Crippen LogP contribution in [0.3, 0.4) is 0 Å². The first-order chi connectivity index (χ1) is 10.0. The van der Waals surface area contributed by atoms with Crippen molar-refractivity contribution in [1.29, 1.82) is 0 Å². The van der Waals surface area contributed by atoms with Crippen molar-refractivity contribution >= 4 is 11.8 Å². The fraction of sp³-hybridized carbons (Fsp3) is 0.625. The molecule has 0 bridgehead atoms. The maximum absolute atomic E-state index is 11.4. The highest BCUT2D eigenvalue weighted by molar-refractivity contribution is 5.88. The van der Waals surface area contributed by atoms with Crippen molar-refractivity contribution in [1.82, 2.24) is 10.3 Å². The molecule has 1 saturated heterocycles. The SMILES string of the molecule is CCN(c1cc(C(=O)O)cc(C(C)C)n1)C1CCNCC1. The van der Waals surface area contributed by atoms with Gasteiger partial charge in [-0.1, -0.05) is 13.8 Å².